The Bertz CT molecular complexity index is 616. The molecule has 5 nitrogen and oxygen atoms in total. The van der Waals surface area contributed by atoms with E-state index in [4.69, 9.17) is 11.6 Å². The zero-order chi connectivity index (χ0) is 14.8. The van der Waals surface area contributed by atoms with Crippen molar-refractivity contribution in [2.24, 2.45) is 5.92 Å². The van der Waals surface area contributed by atoms with E-state index in [0.29, 0.717) is 23.7 Å². The lowest BCUT2D eigenvalue weighted by atomic mass is 10.1. The van der Waals surface area contributed by atoms with E-state index in [-0.39, 0.29) is 23.5 Å². The van der Waals surface area contributed by atoms with Crippen LogP contribution in [0.2, 0.25) is 5.02 Å². The summed E-state index contributed by atoms with van der Waals surface area (Å²) in [5.41, 5.74) is 1.56. The third-order valence-corrected chi connectivity index (χ3v) is 5.40. The lowest BCUT2D eigenvalue weighted by Crippen LogP contribution is -2.33. The molecule has 1 unspecified atom stereocenters. The third-order valence-electron chi connectivity index (χ3n) is 3.33. The van der Waals surface area contributed by atoms with Gasteiger partial charge < -0.3 is 10.6 Å². The second kappa shape index (κ2) is 6.01. The van der Waals surface area contributed by atoms with Crippen molar-refractivity contribution in [1.29, 1.82) is 0 Å². The summed E-state index contributed by atoms with van der Waals surface area (Å²) in [7, 11) is -2.90. The number of sulfone groups is 1. The fourth-order valence-corrected chi connectivity index (χ4v) is 4.20. The normalized spacial score (nSPS) is 20.6. The van der Waals surface area contributed by atoms with Crippen molar-refractivity contribution in [2.75, 3.05) is 23.4 Å². The molecule has 1 saturated heterocycles. The molecule has 0 bridgehead atoms. The largest absolute Gasteiger partial charge is 0.338 e. The first-order valence-corrected chi connectivity index (χ1v) is 8.57. The number of carbonyl (C=O) groups is 1. The van der Waals surface area contributed by atoms with Crippen LogP contribution in [-0.4, -0.2) is 32.5 Å². The lowest BCUT2D eigenvalue weighted by Gasteiger charge is -2.12. The van der Waals surface area contributed by atoms with Crippen LogP contribution in [-0.2, 0) is 9.84 Å². The molecule has 1 heterocycles. The summed E-state index contributed by atoms with van der Waals surface area (Å²) in [4.78, 5) is 11.8. The number of rotatable bonds is 3. The molecular weight excluding hydrogens is 300 g/mol. The Morgan fingerprint density at radius 1 is 1.45 bits per heavy atom. The molecular formula is C13H17ClN2O3S. The minimum Gasteiger partial charge on any atom is -0.338 e. The van der Waals surface area contributed by atoms with Crippen LogP contribution in [0.15, 0.2) is 18.2 Å². The maximum absolute atomic E-state index is 11.8. The van der Waals surface area contributed by atoms with Crippen LogP contribution in [0.4, 0.5) is 10.5 Å². The molecule has 0 spiro atoms. The molecule has 1 aliphatic rings. The number of aryl methyl sites for hydroxylation is 1. The molecule has 1 atom stereocenters. The van der Waals surface area contributed by atoms with Gasteiger partial charge in [-0.15, -0.1) is 0 Å². The second-order valence-electron chi connectivity index (χ2n) is 5.06. The van der Waals surface area contributed by atoms with Crippen LogP contribution < -0.4 is 10.6 Å². The summed E-state index contributed by atoms with van der Waals surface area (Å²) in [6, 6.07) is 4.90. The molecule has 0 saturated carbocycles. The van der Waals surface area contributed by atoms with E-state index in [1.807, 2.05) is 13.0 Å². The Morgan fingerprint density at radius 2 is 2.20 bits per heavy atom. The van der Waals surface area contributed by atoms with Crippen LogP contribution in [0.3, 0.4) is 0 Å². The van der Waals surface area contributed by atoms with Gasteiger partial charge in [-0.2, -0.15) is 0 Å². The van der Waals surface area contributed by atoms with Crippen molar-refractivity contribution in [2.45, 2.75) is 13.3 Å². The van der Waals surface area contributed by atoms with Crippen molar-refractivity contribution >= 4 is 33.2 Å². The lowest BCUT2D eigenvalue weighted by molar-refractivity contribution is 0.250. The number of urea groups is 1. The predicted molar refractivity (Wildman–Crippen MR) is 80.0 cm³/mol. The summed E-state index contributed by atoms with van der Waals surface area (Å²) < 4.78 is 22.6. The number of hydrogen-bond donors (Lipinski definition) is 2. The molecule has 1 fully saturated rings. The maximum atomic E-state index is 11.8. The van der Waals surface area contributed by atoms with Crippen LogP contribution in [0.25, 0.3) is 0 Å². The number of anilines is 1. The number of carbonyl (C=O) groups excluding carboxylic acids is 1. The summed E-state index contributed by atoms with van der Waals surface area (Å²) in [6.45, 7) is 2.24. The Balaban J connectivity index is 1.85. The average molecular weight is 317 g/mol. The Hall–Kier alpha value is -1.27. The van der Waals surface area contributed by atoms with Gasteiger partial charge in [0, 0.05) is 17.3 Å². The SMILES string of the molecule is Cc1ccc(Cl)cc1NC(=O)NCC1CCS(=O)(=O)C1. The van der Waals surface area contributed by atoms with Gasteiger partial charge in [0.15, 0.2) is 9.84 Å². The molecule has 20 heavy (non-hydrogen) atoms. The fraction of sp³-hybridized carbons (Fsp3) is 0.462. The number of benzene rings is 1. The standard InChI is InChI=1S/C13H17ClN2O3S/c1-9-2-3-11(14)6-12(9)16-13(17)15-7-10-4-5-20(18,19)8-10/h2-3,6,10H,4-5,7-8H2,1H3,(H2,15,16,17). The molecule has 2 rings (SSSR count). The minimum absolute atomic E-state index is 0.00575. The van der Waals surface area contributed by atoms with Crippen LogP contribution in [0.5, 0.6) is 0 Å². The molecule has 110 valence electrons. The smallest absolute Gasteiger partial charge is 0.319 e. The highest BCUT2D eigenvalue weighted by Gasteiger charge is 2.27. The zero-order valence-electron chi connectivity index (χ0n) is 11.1. The second-order valence-corrected chi connectivity index (χ2v) is 7.73. The van der Waals surface area contributed by atoms with Crippen LogP contribution >= 0.6 is 11.6 Å². The summed E-state index contributed by atoms with van der Waals surface area (Å²) >= 11 is 5.87. The van der Waals surface area contributed by atoms with Crippen molar-refractivity contribution in [1.82, 2.24) is 5.32 Å². The van der Waals surface area contributed by atoms with Gasteiger partial charge in [0.2, 0.25) is 0 Å². The van der Waals surface area contributed by atoms with Crippen LogP contribution in [0, 0.1) is 12.8 Å². The van der Waals surface area contributed by atoms with E-state index < -0.39 is 9.84 Å². The van der Waals surface area contributed by atoms with Gasteiger partial charge in [0.1, 0.15) is 0 Å². The first-order valence-electron chi connectivity index (χ1n) is 6.37. The molecule has 7 heteroatoms. The molecule has 1 aromatic carbocycles. The van der Waals surface area contributed by atoms with Gasteiger partial charge in [-0.3, -0.25) is 0 Å². The van der Waals surface area contributed by atoms with Gasteiger partial charge in [0.25, 0.3) is 0 Å². The summed E-state index contributed by atoms with van der Waals surface area (Å²) in [6.07, 6.45) is 0.610. The topological polar surface area (TPSA) is 75.3 Å². The maximum Gasteiger partial charge on any atom is 0.319 e. The molecule has 0 aromatic heterocycles. The summed E-state index contributed by atoms with van der Waals surface area (Å²) in [5.74, 6) is 0.379. The van der Waals surface area contributed by atoms with E-state index in [1.54, 1.807) is 12.1 Å². The quantitative estimate of drug-likeness (QED) is 0.897. The third kappa shape index (κ3) is 4.11. The number of amides is 2. The monoisotopic (exact) mass is 316 g/mol. The van der Waals surface area contributed by atoms with Gasteiger partial charge in [-0.1, -0.05) is 17.7 Å². The van der Waals surface area contributed by atoms with E-state index in [1.165, 1.54) is 0 Å². The first kappa shape index (κ1) is 15.1. The Kier molecular flexibility index (Phi) is 4.55. The van der Waals surface area contributed by atoms with Crippen LogP contribution in [0.1, 0.15) is 12.0 Å². The molecule has 2 N–H and O–H groups in total. The molecule has 0 aliphatic carbocycles. The van der Waals surface area contributed by atoms with E-state index in [0.717, 1.165) is 5.56 Å². The van der Waals surface area contributed by atoms with E-state index in [9.17, 15) is 13.2 Å². The van der Waals surface area contributed by atoms with Gasteiger partial charge in [-0.05, 0) is 37.0 Å². The Labute approximate surface area is 123 Å². The highest BCUT2D eigenvalue weighted by atomic mass is 35.5. The Morgan fingerprint density at radius 3 is 2.85 bits per heavy atom. The van der Waals surface area contributed by atoms with Gasteiger partial charge in [0.05, 0.1) is 11.5 Å². The highest BCUT2D eigenvalue weighted by molar-refractivity contribution is 7.91. The minimum atomic E-state index is -2.90. The first-order chi connectivity index (χ1) is 9.35. The molecule has 1 aromatic rings. The van der Waals surface area contributed by atoms with Crippen molar-refractivity contribution in [3.63, 3.8) is 0 Å². The number of hydrogen-bond acceptors (Lipinski definition) is 3. The van der Waals surface area contributed by atoms with Crippen molar-refractivity contribution in [3.8, 4) is 0 Å². The highest BCUT2D eigenvalue weighted by Crippen LogP contribution is 2.20. The van der Waals surface area contributed by atoms with Crippen molar-refractivity contribution in [3.05, 3.63) is 28.8 Å². The zero-order valence-corrected chi connectivity index (χ0v) is 12.7. The molecule has 2 amide bonds. The van der Waals surface area contributed by atoms with E-state index >= 15 is 0 Å². The van der Waals surface area contributed by atoms with Gasteiger partial charge in [-0.25, -0.2) is 13.2 Å². The summed E-state index contributed by atoms with van der Waals surface area (Å²) in [5, 5.41) is 5.96. The number of nitrogens with one attached hydrogen (secondary N) is 2. The fourth-order valence-electron chi connectivity index (χ4n) is 2.17. The van der Waals surface area contributed by atoms with E-state index in [2.05, 4.69) is 10.6 Å². The molecule has 0 radical (unpaired) electrons. The molecule has 1 aliphatic heterocycles. The predicted octanol–water partition coefficient (Wildman–Crippen LogP) is 2.20. The van der Waals surface area contributed by atoms with Crippen molar-refractivity contribution < 1.29 is 13.2 Å². The van der Waals surface area contributed by atoms with Gasteiger partial charge >= 0.3 is 6.03 Å². The number of halogens is 1. The average Bonchev–Trinajstić information content (AvgIpc) is 2.71.